The molecule has 1 aromatic rings. The first-order valence-corrected chi connectivity index (χ1v) is 8.15. The number of hydrogen-bond donors (Lipinski definition) is 2. The quantitative estimate of drug-likeness (QED) is 0.302. The van der Waals surface area contributed by atoms with Crippen LogP contribution in [-0.2, 0) is 6.54 Å². The number of halogens is 3. The highest BCUT2D eigenvalue weighted by atomic mass is 127. The number of rotatable bonds is 5. The fourth-order valence-corrected chi connectivity index (χ4v) is 2.89. The molecular formula is C17H26F2IN3O. The lowest BCUT2D eigenvalue weighted by molar-refractivity contribution is -0.0504. The van der Waals surface area contributed by atoms with E-state index in [0.717, 1.165) is 18.4 Å². The number of benzene rings is 1. The van der Waals surface area contributed by atoms with Crippen LogP contribution in [0.15, 0.2) is 23.2 Å². The van der Waals surface area contributed by atoms with Crippen LogP contribution in [0.2, 0.25) is 0 Å². The molecule has 1 fully saturated rings. The molecule has 1 saturated carbocycles. The predicted molar refractivity (Wildman–Crippen MR) is 103 cm³/mol. The number of nitrogens with two attached hydrogens (primary N) is 1. The maximum absolute atomic E-state index is 12.5. The molecule has 0 spiro atoms. The van der Waals surface area contributed by atoms with E-state index in [-0.39, 0.29) is 36.3 Å². The van der Waals surface area contributed by atoms with Crippen molar-refractivity contribution in [1.82, 2.24) is 5.32 Å². The second-order valence-corrected chi connectivity index (χ2v) is 6.02. The Labute approximate surface area is 159 Å². The van der Waals surface area contributed by atoms with E-state index in [1.54, 1.807) is 18.2 Å². The molecule has 7 heteroatoms. The average molecular weight is 453 g/mol. The Balaban J connectivity index is 0.00000288. The molecule has 1 aromatic carbocycles. The van der Waals surface area contributed by atoms with Gasteiger partial charge in [0.15, 0.2) is 5.96 Å². The summed E-state index contributed by atoms with van der Waals surface area (Å²) in [5, 5.41) is 3.24. The Hall–Kier alpha value is -1.12. The topological polar surface area (TPSA) is 59.6 Å². The Kier molecular flexibility index (Phi) is 9.31. The Morgan fingerprint density at radius 3 is 2.58 bits per heavy atom. The van der Waals surface area contributed by atoms with E-state index in [9.17, 15) is 8.78 Å². The number of guanidine groups is 1. The van der Waals surface area contributed by atoms with Crippen molar-refractivity contribution in [2.45, 2.75) is 64.6 Å². The van der Waals surface area contributed by atoms with Crippen molar-refractivity contribution in [2.24, 2.45) is 10.7 Å². The Morgan fingerprint density at radius 2 is 1.96 bits per heavy atom. The van der Waals surface area contributed by atoms with E-state index in [4.69, 9.17) is 5.73 Å². The first kappa shape index (κ1) is 20.9. The number of nitrogens with zero attached hydrogens (tertiary/aromatic N) is 1. The molecule has 3 N–H and O–H groups in total. The minimum Gasteiger partial charge on any atom is -0.434 e. The maximum atomic E-state index is 12.5. The summed E-state index contributed by atoms with van der Waals surface area (Å²) < 4.78 is 29.4. The fourth-order valence-electron chi connectivity index (χ4n) is 2.89. The smallest absolute Gasteiger partial charge is 0.387 e. The van der Waals surface area contributed by atoms with Gasteiger partial charge < -0.3 is 15.8 Å². The van der Waals surface area contributed by atoms with Crippen molar-refractivity contribution < 1.29 is 13.5 Å². The van der Waals surface area contributed by atoms with Gasteiger partial charge in [-0.15, -0.1) is 24.0 Å². The van der Waals surface area contributed by atoms with Gasteiger partial charge in [-0.2, -0.15) is 8.78 Å². The molecule has 0 heterocycles. The third-order valence-electron chi connectivity index (χ3n) is 4.06. The van der Waals surface area contributed by atoms with Crippen molar-refractivity contribution in [3.63, 3.8) is 0 Å². The van der Waals surface area contributed by atoms with Crippen LogP contribution in [0, 0.1) is 6.92 Å². The summed E-state index contributed by atoms with van der Waals surface area (Å²) in [6.45, 7) is -0.733. The van der Waals surface area contributed by atoms with Gasteiger partial charge in [0.2, 0.25) is 0 Å². The zero-order valence-corrected chi connectivity index (χ0v) is 16.3. The largest absolute Gasteiger partial charge is 0.434 e. The number of ether oxygens (including phenoxy) is 1. The molecule has 0 amide bonds. The summed E-state index contributed by atoms with van der Waals surface area (Å²) in [5.74, 6) is 0.512. The molecule has 0 bridgehead atoms. The summed E-state index contributed by atoms with van der Waals surface area (Å²) in [7, 11) is 0. The number of aryl methyl sites for hydroxylation is 1. The van der Waals surface area contributed by atoms with Gasteiger partial charge in [-0.3, -0.25) is 0 Å². The van der Waals surface area contributed by atoms with Crippen LogP contribution in [-0.4, -0.2) is 18.6 Å². The number of nitrogens with one attached hydrogen (secondary N) is 1. The molecule has 4 nitrogen and oxygen atoms in total. The third kappa shape index (κ3) is 7.19. The van der Waals surface area contributed by atoms with Gasteiger partial charge in [0.25, 0.3) is 0 Å². The zero-order valence-electron chi connectivity index (χ0n) is 13.9. The minimum atomic E-state index is -2.85. The van der Waals surface area contributed by atoms with Crippen LogP contribution in [0.1, 0.15) is 49.7 Å². The van der Waals surface area contributed by atoms with Crippen LogP contribution >= 0.6 is 24.0 Å². The van der Waals surface area contributed by atoms with Crippen LogP contribution in [0.4, 0.5) is 8.78 Å². The first-order chi connectivity index (χ1) is 11.0. The summed E-state index contributed by atoms with van der Waals surface area (Å²) >= 11 is 0. The molecule has 0 aromatic heterocycles. The number of hydrogen-bond acceptors (Lipinski definition) is 2. The summed E-state index contributed by atoms with van der Waals surface area (Å²) in [4.78, 5) is 4.29. The molecule has 1 aliphatic rings. The normalized spacial score (nSPS) is 16.4. The van der Waals surface area contributed by atoms with Gasteiger partial charge in [-0.05, 0) is 25.8 Å². The summed E-state index contributed by atoms with van der Waals surface area (Å²) in [6.07, 6.45) is 7.14. The third-order valence-corrected chi connectivity index (χ3v) is 4.06. The number of aliphatic imine (C=N–C) groups is 1. The van der Waals surface area contributed by atoms with Gasteiger partial charge in [-0.1, -0.05) is 43.4 Å². The lowest BCUT2D eigenvalue weighted by Crippen LogP contribution is -2.39. The Bertz CT molecular complexity index is 533. The van der Waals surface area contributed by atoms with Gasteiger partial charge in [0, 0.05) is 11.6 Å². The number of alkyl halides is 2. The first-order valence-electron chi connectivity index (χ1n) is 8.15. The molecule has 0 atom stereocenters. The zero-order chi connectivity index (χ0) is 16.7. The van der Waals surface area contributed by atoms with Crippen molar-refractivity contribution in [2.75, 3.05) is 0 Å². The highest BCUT2D eigenvalue weighted by Gasteiger charge is 2.13. The monoisotopic (exact) mass is 453 g/mol. The minimum absolute atomic E-state index is 0. The molecule has 2 rings (SSSR count). The second kappa shape index (κ2) is 10.7. The predicted octanol–water partition coefficient (Wildman–Crippen LogP) is 4.34. The van der Waals surface area contributed by atoms with Crippen molar-refractivity contribution >= 4 is 29.9 Å². The fraction of sp³-hybridized carbons (Fsp3) is 0.588. The van der Waals surface area contributed by atoms with E-state index in [1.165, 1.54) is 25.7 Å². The lowest BCUT2D eigenvalue weighted by Gasteiger charge is -2.17. The van der Waals surface area contributed by atoms with Gasteiger partial charge >= 0.3 is 6.61 Å². The van der Waals surface area contributed by atoms with E-state index >= 15 is 0 Å². The highest BCUT2D eigenvalue weighted by Crippen LogP contribution is 2.23. The molecule has 136 valence electrons. The van der Waals surface area contributed by atoms with E-state index in [1.807, 2.05) is 6.92 Å². The maximum Gasteiger partial charge on any atom is 0.387 e. The van der Waals surface area contributed by atoms with Crippen LogP contribution in [0.25, 0.3) is 0 Å². The van der Waals surface area contributed by atoms with Crippen LogP contribution in [0.3, 0.4) is 0 Å². The molecule has 0 unspecified atom stereocenters. The van der Waals surface area contributed by atoms with E-state index < -0.39 is 6.61 Å². The molecule has 0 radical (unpaired) electrons. The van der Waals surface area contributed by atoms with Crippen molar-refractivity contribution in [1.29, 1.82) is 0 Å². The molecular weight excluding hydrogens is 427 g/mol. The van der Waals surface area contributed by atoms with E-state index in [0.29, 0.717) is 17.6 Å². The summed E-state index contributed by atoms with van der Waals surface area (Å²) in [6, 6.07) is 5.43. The van der Waals surface area contributed by atoms with Gasteiger partial charge in [0.05, 0.1) is 6.54 Å². The standard InChI is InChI=1S/C17H25F2N3O.HI/c1-12-8-9-15(23-16(18)19)13(10-12)11-21-17(20)22-14-6-4-2-3-5-7-14;/h8-10,14,16H,2-7,11H2,1H3,(H3,20,21,22);1H. The average Bonchev–Trinajstić information content (AvgIpc) is 2.75. The Morgan fingerprint density at radius 1 is 1.29 bits per heavy atom. The second-order valence-electron chi connectivity index (χ2n) is 6.02. The highest BCUT2D eigenvalue weighted by molar-refractivity contribution is 14.0. The van der Waals surface area contributed by atoms with Gasteiger partial charge in [0.1, 0.15) is 5.75 Å². The van der Waals surface area contributed by atoms with Crippen LogP contribution < -0.4 is 15.8 Å². The van der Waals surface area contributed by atoms with E-state index in [2.05, 4.69) is 15.0 Å². The van der Waals surface area contributed by atoms with Crippen LogP contribution in [0.5, 0.6) is 5.75 Å². The van der Waals surface area contributed by atoms with Crippen molar-refractivity contribution in [3.8, 4) is 5.75 Å². The molecule has 1 aliphatic carbocycles. The van der Waals surface area contributed by atoms with Gasteiger partial charge in [-0.25, -0.2) is 4.99 Å². The molecule has 0 aliphatic heterocycles. The molecule has 0 saturated heterocycles. The molecule has 24 heavy (non-hydrogen) atoms. The summed E-state index contributed by atoms with van der Waals surface area (Å²) in [5.41, 5.74) is 7.51. The lowest BCUT2D eigenvalue weighted by atomic mass is 10.1. The van der Waals surface area contributed by atoms with Crippen molar-refractivity contribution in [3.05, 3.63) is 29.3 Å². The SMILES string of the molecule is Cc1ccc(OC(F)F)c(CN=C(N)NC2CCCCCC2)c1.I.